The Hall–Kier alpha value is -2.34. The van der Waals surface area contributed by atoms with Crippen LogP contribution in [0.15, 0.2) is 42.6 Å². The minimum Gasteiger partial charge on any atom is -0.481 e. The zero-order chi connectivity index (χ0) is 12.1. The van der Waals surface area contributed by atoms with Gasteiger partial charge in [-0.1, -0.05) is 11.8 Å². The van der Waals surface area contributed by atoms with E-state index in [9.17, 15) is 4.39 Å². The fourth-order valence-electron chi connectivity index (χ4n) is 1.25. The highest BCUT2D eigenvalue weighted by molar-refractivity contribution is 5.42. The lowest BCUT2D eigenvalue weighted by molar-refractivity contribution is 0.398. The molecule has 0 spiro atoms. The molecule has 0 bridgehead atoms. The Morgan fingerprint density at radius 1 is 1.00 bits per heavy atom. The van der Waals surface area contributed by atoms with Crippen molar-refractivity contribution in [3.63, 3.8) is 0 Å². The van der Waals surface area contributed by atoms with Crippen molar-refractivity contribution in [3.8, 4) is 17.7 Å². The molecule has 1 aromatic heterocycles. The maximum atomic E-state index is 12.7. The van der Waals surface area contributed by atoms with E-state index in [4.69, 9.17) is 4.74 Å². The van der Waals surface area contributed by atoms with Gasteiger partial charge in [-0.15, -0.1) is 0 Å². The summed E-state index contributed by atoms with van der Waals surface area (Å²) >= 11 is 0. The van der Waals surface area contributed by atoms with Gasteiger partial charge in [-0.2, -0.15) is 0 Å². The van der Waals surface area contributed by atoms with Gasteiger partial charge in [0.2, 0.25) is 5.88 Å². The molecule has 0 saturated carbocycles. The van der Waals surface area contributed by atoms with Crippen molar-refractivity contribution in [1.29, 1.82) is 0 Å². The molecule has 0 aliphatic heterocycles. The average molecular weight is 227 g/mol. The van der Waals surface area contributed by atoms with E-state index in [2.05, 4.69) is 16.8 Å². The molecule has 17 heavy (non-hydrogen) atoms. The first-order chi connectivity index (χ1) is 8.28. The zero-order valence-electron chi connectivity index (χ0n) is 9.27. The maximum absolute atomic E-state index is 12.7. The Balaban J connectivity index is 2.17. The predicted octanol–water partition coefficient (Wildman–Crippen LogP) is 2.63. The molecule has 0 radical (unpaired) electrons. The van der Waals surface area contributed by atoms with Crippen molar-refractivity contribution in [1.82, 2.24) is 4.98 Å². The highest BCUT2D eigenvalue weighted by Gasteiger charge is 1.92. The number of hydrogen-bond donors (Lipinski definition) is 0. The SMILES string of the molecule is COc1ccc(C#Cc2ccc(F)cc2)cn1. The summed E-state index contributed by atoms with van der Waals surface area (Å²) in [7, 11) is 1.56. The third-order valence-electron chi connectivity index (χ3n) is 2.14. The molecule has 3 heteroatoms. The fraction of sp³-hybridized carbons (Fsp3) is 0.0714. The van der Waals surface area contributed by atoms with Crippen LogP contribution in [-0.4, -0.2) is 12.1 Å². The molecular weight excluding hydrogens is 217 g/mol. The summed E-state index contributed by atoms with van der Waals surface area (Å²) in [6, 6.07) is 9.61. The second kappa shape index (κ2) is 5.13. The molecule has 1 heterocycles. The Kier molecular flexibility index (Phi) is 3.37. The van der Waals surface area contributed by atoms with E-state index < -0.39 is 0 Å². The number of ether oxygens (including phenoxy) is 1. The molecule has 0 atom stereocenters. The smallest absolute Gasteiger partial charge is 0.212 e. The van der Waals surface area contributed by atoms with E-state index >= 15 is 0 Å². The lowest BCUT2D eigenvalue weighted by Gasteiger charge is -1.96. The van der Waals surface area contributed by atoms with E-state index in [0.717, 1.165) is 11.1 Å². The van der Waals surface area contributed by atoms with Crippen LogP contribution in [-0.2, 0) is 0 Å². The lowest BCUT2D eigenvalue weighted by Crippen LogP contribution is -1.86. The van der Waals surface area contributed by atoms with E-state index in [1.807, 2.05) is 6.07 Å². The Labute approximate surface area is 99.1 Å². The van der Waals surface area contributed by atoms with Crippen LogP contribution < -0.4 is 4.74 Å². The maximum Gasteiger partial charge on any atom is 0.212 e. The number of methoxy groups -OCH3 is 1. The van der Waals surface area contributed by atoms with Crippen molar-refractivity contribution >= 4 is 0 Å². The van der Waals surface area contributed by atoms with E-state index in [0.29, 0.717) is 5.88 Å². The number of hydrogen-bond acceptors (Lipinski definition) is 2. The van der Waals surface area contributed by atoms with Crippen LogP contribution in [0.5, 0.6) is 5.88 Å². The molecule has 0 aliphatic rings. The number of nitrogens with zero attached hydrogens (tertiary/aromatic N) is 1. The van der Waals surface area contributed by atoms with Gasteiger partial charge < -0.3 is 4.74 Å². The normalized spacial score (nSPS) is 9.29. The topological polar surface area (TPSA) is 22.1 Å². The van der Waals surface area contributed by atoms with Crippen molar-refractivity contribution < 1.29 is 9.13 Å². The molecule has 0 fully saturated rings. The molecule has 0 N–H and O–H groups in total. The largest absolute Gasteiger partial charge is 0.481 e. The van der Waals surface area contributed by atoms with Crippen molar-refractivity contribution in [3.05, 3.63) is 59.5 Å². The fourth-order valence-corrected chi connectivity index (χ4v) is 1.25. The first-order valence-electron chi connectivity index (χ1n) is 5.05. The van der Waals surface area contributed by atoms with Gasteiger partial charge in [0.1, 0.15) is 5.82 Å². The molecule has 2 rings (SSSR count). The Morgan fingerprint density at radius 3 is 2.24 bits per heavy atom. The molecule has 0 amide bonds. The molecular formula is C14H10FNO. The van der Waals surface area contributed by atoms with Crippen LogP contribution in [0.2, 0.25) is 0 Å². The average Bonchev–Trinajstić information content (AvgIpc) is 2.39. The minimum atomic E-state index is -0.262. The van der Waals surface area contributed by atoms with Gasteiger partial charge in [-0.25, -0.2) is 9.37 Å². The van der Waals surface area contributed by atoms with E-state index in [1.54, 1.807) is 31.5 Å². The molecule has 0 aliphatic carbocycles. The van der Waals surface area contributed by atoms with Crippen molar-refractivity contribution in [2.45, 2.75) is 0 Å². The molecule has 2 aromatic rings. The van der Waals surface area contributed by atoms with Gasteiger partial charge >= 0.3 is 0 Å². The van der Waals surface area contributed by atoms with Crippen LogP contribution in [0.3, 0.4) is 0 Å². The van der Waals surface area contributed by atoms with Crippen LogP contribution in [0, 0.1) is 17.7 Å². The highest BCUT2D eigenvalue weighted by Crippen LogP contribution is 2.06. The molecule has 0 saturated heterocycles. The molecule has 84 valence electrons. The van der Waals surface area contributed by atoms with Crippen LogP contribution in [0.1, 0.15) is 11.1 Å². The van der Waals surface area contributed by atoms with E-state index in [1.165, 1.54) is 12.1 Å². The summed E-state index contributed by atoms with van der Waals surface area (Å²) in [5, 5.41) is 0. The quantitative estimate of drug-likeness (QED) is 0.699. The number of pyridine rings is 1. The number of halogens is 1. The van der Waals surface area contributed by atoms with Crippen LogP contribution in [0.25, 0.3) is 0 Å². The van der Waals surface area contributed by atoms with Crippen LogP contribution >= 0.6 is 0 Å². The molecule has 1 aromatic carbocycles. The van der Waals surface area contributed by atoms with E-state index in [-0.39, 0.29) is 5.82 Å². The molecule has 2 nitrogen and oxygen atoms in total. The summed E-state index contributed by atoms with van der Waals surface area (Å²) in [6.45, 7) is 0. The second-order valence-corrected chi connectivity index (χ2v) is 3.35. The zero-order valence-corrected chi connectivity index (χ0v) is 9.27. The first kappa shape index (κ1) is 11.2. The predicted molar refractivity (Wildman–Crippen MR) is 63.2 cm³/mol. The van der Waals surface area contributed by atoms with Crippen molar-refractivity contribution in [2.75, 3.05) is 7.11 Å². The number of rotatable bonds is 1. The first-order valence-corrected chi connectivity index (χ1v) is 5.05. The van der Waals surface area contributed by atoms with Gasteiger partial charge in [-0.05, 0) is 30.3 Å². The highest BCUT2D eigenvalue weighted by atomic mass is 19.1. The molecule has 0 unspecified atom stereocenters. The Bertz CT molecular complexity index is 550. The monoisotopic (exact) mass is 227 g/mol. The van der Waals surface area contributed by atoms with Gasteiger partial charge in [0, 0.05) is 23.4 Å². The van der Waals surface area contributed by atoms with Gasteiger partial charge in [0.05, 0.1) is 7.11 Å². The van der Waals surface area contributed by atoms with Gasteiger partial charge in [0.15, 0.2) is 0 Å². The van der Waals surface area contributed by atoms with Gasteiger partial charge in [-0.3, -0.25) is 0 Å². The lowest BCUT2D eigenvalue weighted by atomic mass is 10.2. The summed E-state index contributed by atoms with van der Waals surface area (Å²) in [5.74, 6) is 6.16. The summed E-state index contributed by atoms with van der Waals surface area (Å²) in [4.78, 5) is 4.04. The Morgan fingerprint density at radius 2 is 1.65 bits per heavy atom. The summed E-state index contributed by atoms with van der Waals surface area (Å²) < 4.78 is 17.6. The van der Waals surface area contributed by atoms with Gasteiger partial charge in [0.25, 0.3) is 0 Å². The third kappa shape index (κ3) is 3.05. The summed E-state index contributed by atoms with van der Waals surface area (Å²) in [5.41, 5.74) is 1.55. The van der Waals surface area contributed by atoms with Crippen LogP contribution in [0.4, 0.5) is 4.39 Å². The van der Waals surface area contributed by atoms with Crippen molar-refractivity contribution in [2.24, 2.45) is 0 Å². The number of benzene rings is 1. The second-order valence-electron chi connectivity index (χ2n) is 3.35. The third-order valence-corrected chi connectivity index (χ3v) is 2.14. The minimum absolute atomic E-state index is 0.262. The standard InChI is InChI=1S/C14H10FNO/c1-17-14-9-6-12(10-16-14)3-2-11-4-7-13(15)8-5-11/h4-10H,1H3. The summed E-state index contributed by atoms with van der Waals surface area (Å²) in [6.07, 6.45) is 1.63. The number of aromatic nitrogens is 1.